The van der Waals surface area contributed by atoms with Crippen molar-refractivity contribution in [2.24, 2.45) is 10.6 Å². The van der Waals surface area contributed by atoms with Crippen molar-refractivity contribution in [2.45, 2.75) is 147 Å². The third kappa shape index (κ3) is 9.16. The number of likely N-dealkylation sites (tertiary alicyclic amines) is 1. The summed E-state index contributed by atoms with van der Waals surface area (Å²) in [5.74, 6) is -2.47. The molecule has 50 heavy (non-hydrogen) atoms. The highest BCUT2D eigenvalue weighted by molar-refractivity contribution is 6.38. The summed E-state index contributed by atoms with van der Waals surface area (Å²) in [7, 11) is 0. The van der Waals surface area contributed by atoms with Crippen molar-refractivity contribution in [3.8, 4) is 0 Å². The Kier molecular flexibility index (Phi) is 12.1. The summed E-state index contributed by atoms with van der Waals surface area (Å²) in [6, 6.07) is 4.00. The van der Waals surface area contributed by atoms with Crippen LogP contribution in [0.15, 0.2) is 29.4 Å². The number of nitrogens with zero attached hydrogens (tertiary/aromatic N) is 2. The fourth-order valence-electron chi connectivity index (χ4n) is 7.56. The SMILES string of the molecule is CCC[C@H](NC(=O)[C@@H]1C[C@]2(CC(c3cccc(Cl)c3)=NO2)CN1C(=O)[C@@H](NC(=O)OC1CCCCC1)C(C)(C)C)C(=O)C(=O)NC1CCCC1. The smallest absolute Gasteiger partial charge is 0.408 e. The Hall–Kier alpha value is -3.67. The molecule has 5 rings (SSSR count). The largest absolute Gasteiger partial charge is 0.446 e. The minimum atomic E-state index is -1.07. The molecule has 0 aromatic heterocycles. The lowest BCUT2D eigenvalue weighted by molar-refractivity contribution is -0.144. The average Bonchev–Trinajstić information content (AvgIpc) is 3.83. The van der Waals surface area contributed by atoms with Gasteiger partial charge in [-0.05, 0) is 62.5 Å². The molecular formula is C37H52ClN5O7. The molecule has 1 saturated heterocycles. The molecule has 2 aliphatic carbocycles. The highest BCUT2D eigenvalue weighted by Crippen LogP contribution is 2.40. The van der Waals surface area contributed by atoms with Gasteiger partial charge in [0.05, 0.1) is 18.3 Å². The monoisotopic (exact) mass is 713 g/mol. The van der Waals surface area contributed by atoms with Crippen molar-refractivity contribution in [1.82, 2.24) is 20.9 Å². The van der Waals surface area contributed by atoms with Gasteiger partial charge in [-0.3, -0.25) is 19.2 Å². The van der Waals surface area contributed by atoms with Gasteiger partial charge in [0.15, 0.2) is 5.60 Å². The number of oxime groups is 1. The van der Waals surface area contributed by atoms with Gasteiger partial charge in [0.2, 0.25) is 17.6 Å². The highest BCUT2D eigenvalue weighted by Gasteiger charge is 2.55. The molecule has 0 unspecified atom stereocenters. The number of alkyl carbamates (subject to hydrolysis) is 1. The second kappa shape index (κ2) is 16.1. The minimum absolute atomic E-state index is 0.0119. The van der Waals surface area contributed by atoms with E-state index in [1.165, 1.54) is 4.90 Å². The van der Waals surface area contributed by atoms with Crippen molar-refractivity contribution in [2.75, 3.05) is 6.54 Å². The average molecular weight is 714 g/mol. The van der Waals surface area contributed by atoms with Gasteiger partial charge in [0.1, 0.15) is 18.2 Å². The molecule has 0 radical (unpaired) electrons. The Bertz CT molecular complexity index is 1470. The van der Waals surface area contributed by atoms with Gasteiger partial charge in [0.25, 0.3) is 5.91 Å². The van der Waals surface area contributed by atoms with E-state index >= 15 is 0 Å². The molecule has 1 aromatic rings. The number of benzene rings is 1. The maximum atomic E-state index is 14.6. The maximum Gasteiger partial charge on any atom is 0.408 e. The van der Waals surface area contributed by atoms with Gasteiger partial charge in [-0.1, -0.05) is 82.3 Å². The van der Waals surface area contributed by atoms with Crippen LogP contribution >= 0.6 is 11.6 Å². The molecule has 2 saturated carbocycles. The number of Topliss-reactive ketones (excluding diaryl/α,β-unsaturated/α-hetero) is 1. The lowest BCUT2D eigenvalue weighted by atomic mass is 9.85. The van der Waals surface area contributed by atoms with E-state index in [4.69, 9.17) is 21.2 Å². The number of carbonyl (C=O) groups is 5. The quantitative estimate of drug-likeness (QED) is 0.267. The molecule has 4 aliphatic rings. The van der Waals surface area contributed by atoms with E-state index in [1.54, 1.807) is 12.1 Å². The zero-order valence-corrected chi connectivity index (χ0v) is 30.5. The van der Waals surface area contributed by atoms with Crippen LogP contribution in [0.25, 0.3) is 0 Å². The van der Waals surface area contributed by atoms with Crippen LogP contribution in [-0.2, 0) is 28.8 Å². The Balaban J connectivity index is 1.37. The van der Waals surface area contributed by atoms with Crippen LogP contribution in [0.4, 0.5) is 4.79 Å². The van der Waals surface area contributed by atoms with Gasteiger partial charge in [-0.2, -0.15) is 0 Å². The molecule has 13 heteroatoms. The first-order chi connectivity index (χ1) is 23.8. The van der Waals surface area contributed by atoms with E-state index in [0.29, 0.717) is 23.6 Å². The Morgan fingerprint density at radius 1 is 1.04 bits per heavy atom. The van der Waals surface area contributed by atoms with E-state index in [-0.39, 0.29) is 31.5 Å². The summed E-state index contributed by atoms with van der Waals surface area (Å²) in [6.45, 7) is 7.39. The first-order valence-electron chi connectivity index (χ1n) is 18.2. The van der Waals surface area contributed by atoms with Gasteiger partial charge in [-0.25, -0.2) is 4.79 Å². The van der Waals surface area contributed by atoms with Crippen molar-refractivity contribution in [3.05, 3.63) is 34.9 Å². The molecule has 1 spiro atoms. The van der Waals surface area contributed by atoms with Crippen molar-refractivity contribution in [1.29, 1.82) is 0 Å². The predicted octanol–water partition coefficient (Wildman–Crippen LogP) is 5.19. The fourth-order valence-corrected chi connectivity index (χ4v) is 7.75. The molecule has 2 heterocycles. The molecular weight excluding hydrogens is 662 g/mol. The number of carbonyl (C=O) groups excluding carboxylic acids is 5. The molecule has 1 aromatic carbocycles. The van der Waals surface area contributed by atoms with Crippen LogP contribution in [-0.4, -0.2) is 82.6 Å². The van der Waals surface area contributed by atoms with Gasteiger partial charge >= 0.3 is 6.09 Å². The molecule has 2 aliphatic heterocycles. The van der Waals surface area contributed by atoms with E-state index in [9.17, 15) is 24.0 Å². The van der Waals surface area contributed by atoms with Crippen LogP contribution in [0.3, 0.4) is 0 Å². The molecule has 12 nitrogen and oxygen atoms in total. The topological polar surface area (TPSA) is 156 Å². The molecule has 3 N–H and O–H groups in total. The van der Waals surface area contributed by atoms with Gasteiger partial charge in [0, 0.05) is 29.5 Å². The minimum Gasteiger partial charge on any atom is -0.446 e. The number of ketones is 1. The van der Waals surface area contributed by atoms with Crippen molar-refractivity contribution < 1.29 is 33.5 Å². The number of amides is 4. The highest BCUT2D eigenvalue weighted by atomic mass is 35.5. The zero-order valence-electron chi connectivity index (χ0n) is 29.7. The summed E-state index contributed by atoms with van der Waals surface area (Å²) in [5.41, 5.74) is -0.395. The number of rotatable bonds is 11. The molecule has 274 valence electrons. The molecule has 4 amide bonds. The standard InChI is InChI=1S/C37H52ClN5O7/c1-5-12-27(30(44)33(46)39-25-15-9-10-16-25)40-32(45)29-21-37(20-28(42-50-37)23-13-11-14-24(38)19-23)22-43(29)34(47)31(36(2,3)4)41-35(48)49-26-17-7-6-8-18-26/h11,13-14,19,25-27,29,31H,5-10,12,15-18,20-22H2,1-4H3,(H,39,46)(H,40,45)(H,41,48)/t27-,29-,31+,37+/m0/s1. The van der Waals surface area contributed by atoms with E-state index in [1.807, 2.05) is 39.8 Å². The molecule has 0 bridgehead atoms. The Morgan fingerprint density at radius 3 is 2.40 bits per heavy atom. The predicted molar refractivity (Wildman–Crippen MR) is 189 cm³/mol. The van der Waals surface area contributed by atoms with E-state index in [0.717, 1.165) is 63.4 Å². The summed E-state index contributed by atoms with van der Waals surface area (Å²) < 4.78 is 5.72. The lowest BCUT2D eigenvalue weighted by Crippen LogP contribution is -2.59. The van der Waals surface area contributed by atoms with Crippen molar-refractivity contribution >= 4 is 46.9 Å². The number of hydrogen-bond acceptors (Lipinski definition) is 8. The second-order valence-electron chi connectivity index (χ2n) is 15.5. The summed E-state index contributed by atoms with van der Waals surface area (Å²) in [4.78, 5) is 75.7. The number of nitrogens with one attached hydrogen (secondary N) is 3. The lowest BCUT2D eigenvalue weighted by Gasteiger charge is -2.36. The maximum absolute atomic E-state index is 14.6. The molecule has 4 atom stereocenters. The fraction of sp³-hybridized carbons (Fsp3) is 0.676. The van der Waals surface area contributed by atoms with E-state index < -0.39 is 58.7 Å². The van der Waals surface area contributed by atoms with Crippen molar-refractivity contribution in [3.63, 3.8) is 0 Å². The van der Waals surface area contributed by atoms with E-state index in [2.05, 4.69) is 21.1 Å². The van der Waals surface area contributed by atoms with Crippen LogP contribution < -0.4 is 16.0 Å². The van der Waals surface area contributed by atoms with Crippen LogP contribution in [0.5, 0.6) is 0 Å². The summed E-state index contributed by atoms with van der Waals surface area (Å²) in [5, 5.41) is 13.4. The third-order valence-corrected chi connectivity index (χ3v) is 10.5. The van der Waals surface area contributed by atoms with Crippen LogP contribution in [0.2, 0.25) is 5.02 Å². The number of ether oxygens (including phenoxy) is 1. The number of halogens is 1. The Morgan fingerprint density at radius 2 is 1.74 bits per heavy atom. The Labute approximate surface area is 299 Å². The second-order valence-corrected chi connectivity index (χ2v) is 15.9. The molecule has 3 fully saturated rings. The van der Waals surface area contributed by atoms with Gasteiger partial charge < -0.3 is 30.4 Å². The van der Waals surface area contributed by atoms with Gasteiger partial charge in [-0.15, -0.1) is 0 Å². The third-order valence-electron chi connectivity index (χ3n) is 10.3. The van der Waals surface area contributed by atoms with Crippen LogP contribution in [0, 0.1) is 5.41 Å². The first-order valence-corrected chi connectivity index (χ1v) is 18.6. The first kappa shape index (κ1) is 37.6. The zero-order chi connectivity index (χ0) is 36.1. The number of hydrogen-bond donors (Lipinski definition) is 3. The normalized spacial score (nSPS) is 23.9. The summed E-state index contributed by atoms with van der Waals surface area (Å²) in [6.07, 6.45) is 8.56. The summed E-state index contributed by atoms with van der Waals surface area (Å²) >= 11 is 6.25. The van der Waals surface area contributed by atoms with Crippen LogP contribution in [0.1, 0.15) is 117 Å².